The number of ketones is 1. The molecule has 3 aromatic rings. The molecule has 190 valence electrons. The summed E-state index contributed by atoms with van der Waals surface area (Å²) in [5, 5.41) is 11.3. The molecule has 1 aromatic heterocycles. The highest BCUT2D eigenvalue weighted by atomic mass is 16.5. The Hall–Kier alpha value is -4.46. The fourth-order valence-corrected chi connectivity index (χ4v) is 4.17. The van der Waals surface area contributed by atoms with Crippen molar-refractivity contribution >= 4 is 29.1 Å². The molecule has 0 radical (unpaired) electrons. The molecule has 2 heterocycles. The number of anilines is 1. The van der Waals surface area contributed by atoms with Crippen LogP contribution in [-0.2, 0) is 14.3 Å². The van der Waals surface area contributed by atoms with E-state index in [1.807, 2.05) is 13.8 Å². The normalized spacial score (nSPS) is 16.9. The number of nitrogens with zero attached hydrogens (tertiary/aromatic N) is 2. The van der Waals surface area contributed by atoms with Gasteiger partial charge in [-0.25, -0.2) is 4.79 Å². The predicted molar refractivity (Wildman–Crippen MR) is 138 cm³/mol. The van der Waals surface area contributed by atoms with Gasteiger partial charge in [0, 0.05) is 23.6 Å². The lowest BCUT2D eigenvalue weighted by molar-refractivity contribution is -0.132. The van der Waals surface area contributed by atoms with Gasteiger partial charge in [0.25, 0.3) is 11.7 Å². The van der Waals surface area contributed by atoms with Gasteiger partial charge in [-0.3, -0.25) is 19.5 Å². The van der Waals surface area contributed by atoms with Crippen LogP contribution in [0, 0.1) is 0 Å². The molecule has 4 rings (SSSR count). The van der Waals surface area contributed by atoms with Gasteiger partial charge in [-0.15, -0.1) is 0 Å². The van der Waals surface area contributed by atoms with Crippen molar-refractivity contribution in [3.05, 3.63) is 95.3 Å². The number of Topliss-reactive ketones (excluding diaryl/α,β-unsaturated/α-hetero) is 1. The molecule has 0 aliphatic carbocycles. The minimum absolute atomic E-state index is 0.0759. The third-order valence-corrected chi connectivity index (χ3v) is 5.65. The number of ether oxygens (including phenoxy) is 2. The summed E-state index contributed by atoms with van der Waals surface area (Å²) in [5.41, 5.74) is 1.39. The maximum absolute atomic E-state index is 13.4. The Labute approximate surface area is 215 Å². The molecule has 8 heteroatoms. The average Bonchev–Trinajstić information content (AvgIpc) is 3.14. The Morgan fingerprint density at radius 1 is 0.919 bits per heavy atom. The van der Waals surface area contributed by atoms with Crippen LogP contribution in [0.1, 0.15) is 55.2 Å². The molecule has 0 saturated carbocycles. The second-order valence-corrected chi connectivity index (χ2v) is 9.15. The standard InChI is InChI=1S/C29H28N2O6/c1-17(2)36-23-10-6-7-20(16-23)26(32)24-25(19-11-13-30-14-12-19)31(28(34)27(24)33)22-9-5-8-21(15-22)29(35)37-18(3)4/h5-18,25,32H,1-4H3/b26-24+. The zero-order valence-corrected chi connectivity index (χ0v) is 21.0. The van der Waals surface area contributed by atoms with Crippen LogP contribution in [0.15, 0.2) is 78.6 Å². The molecule has 1 aliphatic rings. The Bertz CT molecular complexity index is 1360. The monoisotopic (exact) mass is 500 g/mol. The summed E-state index contributed by atoms with van der Waals surface area (Å²) in [6.45, 7) is 7.25. The second kappa shape index (κ2) is 10.7. The minimum Gasteiger partial charge on any atom is -0.507 e. The number of hydrogen-bond donors (Lipinski definition) is 1. The highest BCUT2D eigenvalue weighted by molar-refractivity contribution is 6.51. The number of pyridine rings is 1. The fraction of sp³-hybridized carbons (Fsp3) is 0.241. The Balaban J connectivity index is 1.86. The lowest BCUT2D eigenvalue weighted by atomic mass is 9.95. The first-order chi connectivity index (χ1) is 17.7. The number of esters is 1. The summed E-state index contributed by atoms with van der Waals surface area (Å²) in [7, 11) is 0. The number of aliphatic hydroxyl groups excluding tert-OH is 1. The summed E-state index contributed by atoms with van der Waals surface area (Å²) in [4.78, 5) is 44.6. The first kappa shape index (κ1) is 25.6. The second-order valence-electron chi connectivity index (χ2n) is 9.15. The zero-order valence-electron chi connectivity index (χ0n) is 21.0. The lowest BCUT2D eigenvalue weighted by Crippen LogP contribution is -2.29. The van der Waals surface area contributed by atoms with E-state index in [1.165, 1.54) is 11.0 Å². The van der Waals surface area contributed by atoms with Crippen LogP contribution < -0.4 is 9.64 Å². The molecule has 1 saturated heterocycles. The summed E-state index contributed by atoms with van der Waals surface area (Å²) >= 11 is 0. The maximum Gasteiger partial charge on any atom is 0.338 e. The van der Waals surface area contributed by atoms with Crippen molar-refractivity contribution in [1.29, 1.82) is 0 Å². The number of hydrogen-bond acceptors (Lipinski definition) is 7. The van der Waals surface area contributed by atoms with Crippen LogP contribution >= 0.6 is 0 Å². The van der Waals surface area contributed by atoms with Crippen molar-refractivity contribution in [1.82, 2.24) is 4.98 Å². The molecule has 0 bridgehead atoms. The van der Waals surface area contributed by atoms with Gasteiger partial charge in [0.05, 0.1) is 29.4 Å². The average molecular weight is 501 g/mol. The van der Waals surface area contributed by atoms with Crippen LogP contribution in [0.25, 0.3) is 5.76 Å². The third-order valence-electron chi connectivity index (χ3n) is 5.65. The highest BCUT2D eigenvalue weighted by Gasteiger charge is 2.47. The first-order valence-electron chi connectivity index (χ1n) is 12.0. The van der Waals surface area contributed by atoms with Gasteiger partial charge in [-0.05, 0) is 75.7 Å². The molecule has 1 unspecified atom stereocenters. The molecule has 1 aliphatic heterocycles. The highest BCUT2D eigenvalue weighted by Crippen LogP contribution is 2.42. The molecule has 1 N–H and O–H groups in total. The van der Waals surface area contributed by atoms with E-state index in [0.717, 1.165) is 0 Å². The van der Waals surface area contributed by atoms with Crippen molar-refractivity contribution in [3.8, 4) is 5.75 Å². The quantitative estimate of drug-likeness (QED) is 0.209. The van der Waals surface area contributed by atoms with E-state index in [4.69, 9.17) is 9.47 Å². The molecule has 1 atom stereocenters. The Morgan fingerprint density at radius 2 is 1.59 bits per heavy atom. The zero-order chi connectivity index (χ0) is 26.7. The molecule has 2 aromatic carbocycles. The third kappa shape index (κ3) is 5.38. The first-order valence-corrected chi connectivity index (χ1v) is 12.0. The van der Waals surface area contributed by atoms with Gasteiger partial charge in [0.1, 0.15) is 11.5 Å². The van der Waals surface area contributed by atoms with Crippen molar-refractivity contribution in [2.45, 2.75) is 45.9 Å². The number of carbonyl (C=O) groups excluding carboxylic acids is 3. The van der Waals surface area contributed by atoms with Gasteiger partial charge >= 0.3 is 5.97 Å². The van der Waals surface area contributed by atoms with Crippen molar-refractivity contribution in [2.75, 3.05) is 4.90 Å². The SMILES string of the molecule is CC(C)OC(=O)c1cccc(N2C(=O)C(=O)/C(=C(/O)c3cccc(OC(C)C)c3)C2c2ccncc2)c1. The summed E-state index contributed by atoms with van der Waals surface area (Å²) in [5.74, 6) is -2.02. The summed E-state index contributed by atoms with van der Waals surface area (Å²) < 4.78 is 11.0. The van der Waals surface area contributed by atoms with Crippen molar-refractivity contribution in [2.24, 2.45) is 0 Å². The van der Waals surface area contributed by atoms with Crippen LogP contribution in [0.4, 0.5) is 5.69 Å². The van der Waals surface area contributed by atoms with Gasteiger partial charge in [-0.1, -0.05) is 18.2 Å². The number of benzene rings is 2. The largest absolute Gasteiger partial charge is 0.507 e. The number of aromatic nitrogens is 1. The molecule has 1 amide bonds. The van der Waals surface area contributed by atoms with E-state index in [1.54, 1.807) is 80.8 Å². The van der Waals surface area contributed by atoms with Crippen LogP contribution in [-0.4, -0.2) is 40.0 Å². The van der Waals surface area contributed by atoms with Crippen LogP contribution in [0.2, 0.25) is 0 Å². The number of amides is 1. The van der Waals surface area contributed by atoms with Crippen LogP contribution in [0.3, 0.4) is 0 Å². The van der Waals surface area contributed by atoms with Crippen molar-refractivity contribution in [3.63, 3.8) is 0 Å². The van der Waals surface area contributed by atoms with Crippen LogP contribution in [0.5, 0.6) is 5.75 Å². The summed E-state index contributed by atoms with van der Waals surface area (Å²) in [6, 6.07) is 15.4. The van der Waals surface area contributed by atoms with Gasteiger partial charge in [0.2, 0.25) is 0 Å². The predicted octanol–water partition coefficient (Wildman–Crippen LogP) is 5.06. The van der Waals surface area contributed by atoms with Crippen molar-refractivity contribution < 1.29 is 29.0 Å². The van der Waals surface area contributed by atoms with E-state index < -0.39 is 23.7 Å². The molecule has 0 spiro atoms. The molecule has 37 heavy (non-hydrogen) atoms. The van der Waals surface area contributed by atoms with Gasteiger partial charge < -0.3 is 14.6 Å². The van der Waals surface area contributed by atoms with Gasteiger partial charge in [0.15, 0.2) is 0 Å². The lowest BCUT2D eigenvalue weighted by Gasteiger charge is -2.25. The molecular formula is C29H28N2O6. The van der Waals surface area contributed by atoms with E-state index in [9.17, 15) is 19.5 Å². The van der Waals surface area contributed by atoms with E-state index in [-0.39, 0.29) is 29.1 Å². The number of rotatable bonds is 7. The molecular weight excluding hydrogens is 472 g/mol. The summed E-state index contributed by atoms with van der Waals surface area (Å²) in [6.07, 6.45) is 2.68. The topological polar surface area (TPSA) is 106 Å². The van der Waals surface area contributed by atoms with Gasteiger partial charge in [-0.2, -0.15) is 0 Å². The van der Waals surface area contributed by atoms with E-state index in [2.05, 4.69) is 4.98 Å². The maximum atomic E-state index is 13.4. The number of carbonyl (C=O) groups is 3. The molecule has 1 fully saturated rings. The minimum atomic E-state index is -0.950. The molecule has 8 nitrogen and oxygen atoms in total. The Kier molecular flexibility index (Phi) is 7.38. The van der Waals surface area contributed by atoms with E-state index in [0.29, 0.717) is 22.6 Å². The number of aliphatic hydroxyl groups is 1. The fourth-order valence-electron chi connectivity index (χ4n) is 4.17. The Morgan fingerprint density at radius 3 is 2.27 bits per heavy atom. The smallest absolute Gasteiger partial charge is 0.338 e. The van der Waals surface area contributed by atoms with E-state index >= 15 is 0 Å².